The molecular formula is C21H30O. The average molecular weight is 298 g/mol. The van der Waals surface area contributed by atoms with E-state index in [4.69, 9.17) is 0 Å². The van der Waals surface area contributed by atoms with E-state index in [1.807, 2.05) is 32.1 Å². The zero-order chi connectivity index (χ0) is 16.5. The van der Waals surface area contributed by atoms with E-state index in [9.17, 15) is 5.11 Å². The van der Waals surface area contributed by atoms with Gasteiger partial charge in [0.1, 0.15) is 5.75 Å². The molecule has 1 N–H and O–H groups in total. The standard InChI is InChI=1S/C19H24O.C2H6/c1-4-14(2)19(16-8-5-6-9-16)12-15(3)17-10-7-11-18(20)13-17;1-2/h4,7,10-11,13,16,20H,1,3,5-6,8-9,12H2,2H3;1-2H3/b19-14-;. The number of aromatic hydroxyl groups is 1. The van der Waals surface area contributed by atoms with Crippen LogP contribution in [0.5, 0.6) is 5.75 Å². The summed E-state index contributed by atoms with van der Waals surface area (Å²) in [6.45, 7) is 14.3. The van der Waals surface area contributed by atoms with Gasteiger partial charge in [-0.15, -0.1) is 0 Å². The molecule has 1 aliphatic rings. The molecular weight excluding hydrogens is 268 g/mol. The van der Waals surface area contributed by atoms with Crippen LogP contribution in [0.2, 0.25) is 0 Å². The summed E-state index contributed by atoms with van der Waals surface area (Å²) in [4.78, 5) is 0. The lowest BCUT2D eigenvalue weighted by Gasteiger charge is -2.19. The van der Waals surface area contributed by atoms with Crippen LogP contribution in [0.15, 0.2) is 54.6 Å². The van der Waals surface area contributed by atoms with E-state index >= 15 is 0 Å². The number of allylic oxidation sites excluding steroid dienone is 4. The predicted octanol–water partition coefficient (Wildman–Crippen LogP) is 6.51. The SMILES string of the molecule is C=C/C(C)=C(/CC(=C)c1cccc(O)c1)C1CCCC1.CC. The normalized spacial score (nSPS) is 15.6. The molecule has 1 fully saturated rings. The van der Waals surface area contributed by atoms with Crippen LogP contribution >= 0.6 is 0 Å². The smallest absolute Gasteiger partial charge is 0.116 e. The van der Waals surface area contributed by atoms with Crippen molar-refractivity contribution >= 4 is 5.57 Å². The van der Waals surface area contributed by atoms with E-state index in [1.165, 1.54) is 36.8 Å². The molecule has 0 aromatic heterocycles. The first-order chi connectivity index (χ1) is 10.6. The molecule has 2 rings (SSSR count). The van der Waals surface area contributed by atoms with Crippen molar-refractivity contribution in [3.63, 3.8) is 0 Å². The van der Waals surface area contributed by atoms with E-state index in [0.717, 1.165) is 17.6 Å². The third kappa shape index (κ3) is 4.91. The van der Waals surface area contributed by atoms with Crippen molar-refractivity contribution in [2.24, 2.45) is 5.92 Å². The molecule has 1 aromatic carbocycles. The van der Waals surface area contributed by atoms with E-state index in [2.05, 4.69) is 20.1 Å². The van der Waals surface area contributed by atoms with Crippen molar-refractivity contribution in [2.75, 3.05) is 0 Å². The van der Waals surface area contributed by atoms with Gasteiger partial charge < -0.3 is 5.11 Å². The minimum Gasteiger partial charge on any atom is -0.508 e. The second-order valence-corrected chi connectivity index (χ2v) is 5.72. The van der Waals surface area contributed by atoms with Crippen molar-refractivity contribution in [1.29, 1.82) is 0 Å². The molecule has 0 heterocycles. The maximum atomic E-state index is 9.59. The minimum absolute atomic E-state index is 0.301. The second kappa shape index (κ2) is 9.30. The lowest BCUT2D eigenvalue weighted by molar-refractivity contribution is 0.475. The molecule has 0 spiro atoms. The minimum atomic E-state index is 0.301. The summed E-state index contributed by atoms with van der Waals surface area (Å²) in [5, 5.41) is 9.59. The Morgan fingerprint density at radius 3 is 2.45 bits per heavy atom. The summed E-state index contributed by atoms with van der Waals surface area (Å²) in [5.74, 6) is 0.984. The van der Waals surface area contributed by atoms with Gasteiger partial charge in [0.25, 0.3) is 0 Å². The van der Waals surface area contributed by atoms with Gasteiger partial charge in [-0.3, -0.25) is 0 Å². The first-order valence-electron chi connectivity index (χ1n) is 8.41. The van der Waals surface area contributed by atoms with Crippen LogP contribution in [0.25, 0.3) is 5.57 Å². The number of rotatable bonds is 5. The quantitative estimate of drug-likeness (QED) is 0.614. The molecule has 1 nitrogen and oxygen atoms in total. The van der Waals surface area contributed by atoms with Gasteiger partial charge in [0.2, 0.25) is 0 Å². The van der Waals surface area contributed by atoms with Crippen molar-refractivity contribution in [3.8, 4) is 5.75 Å². The Labute approximate surface area is 136 Å². The Balaban J connectivity index is 0.00000116. The van der Waals surface area contributed by atoms with Crippen LogP contribution < -0.4 is 0 Å². The fourth-order valence-corrected chi connectivity index (χ4v) is 3.07. The fraction of sp³-hybridized carbons (Fsp3) is 0.429. The molecule has 0 unspecified atom stereocenters. The molecule has 0 radical (unpaired) electrons. The second-order valence-electron chi connectivity index (χ2n) is 5.72. The highest BCUT2D eigenvalue weighted by Crippen LogP contribution is 2.37. The van der Waals surface area contributed by atoms with Crippen LogP contribution in [-0.2, 0) is 0 Å². The lowest BCUT2D eigenvalue weighted by Crippen LogP contribution is -2.02. The number of benzene rings is 1. The van der Waals surface area contributed by atoms with Crippen LogP contribution in [0.3, 0.4) is 0 Å². The molecule has 1 saturated carbocycles. The van der Waals surface area contributed by atoms with Crippen molar-refractivity contribution in [3.05, 3.63) is 60.2 Å². The predicted molar refractivity (Wildman–Crippen MR) is 98.0 cm³/mol. The molecule has 0 saturated heterocycles. The number of phenols is 1. The Bertz CT molecular complexity index is 531. The van der Waals surface area contributed by atoms with Gasteiger partial charge in [0, 0.05) is 0 Å². The molecule has 0 bridgehead atoms. The molecule has 22 heavy (non-hydrogen) atoms. The van der Waals surface area contributed by atoms with Gasteiger partial charge in [-0.2, -0.15) is 0 Å². The largest absolute Gasteiger partial charge is 0.508 e. The maximum Gasteiger partial charge on any atom is 0.116 e. The Morgan fingerprint density at radius 2 is 1.91 bits per heavy atom. The summed E-state index contributed by atoms with van der Waals surface area (Å²) in [5.41, 5.74) is 4.87. The molecule has 1 heteroatoms. The molecule has 120 valence electrons. The highest BCUT2D eigenvalue weighted by molar-refractivity contribution is 5.67. The Kier molecular flexibility index (Phi) is 7.73. The summed E-state index contributed by atoms with van der Waals surface area (Å²) >= 11 is 0. The summed E-state index contributed by atoms with van der Waals surface area (Å²) < 4.78 is 0. The van der Waals surface area contributed by atoms with Crippen LogP contribution in [-0.4, -0.2) is 5.11 Å². The average Bonchev–Trinajstić information content (AvgIpc) is 3.07. The van der Waals surface area contributed by atoms with Gasteiger partial charge in [-0.05, 0) is 55.4 Å². The van der Waals surface area contributed by atoms with Gasteiger partial charge >= 0.3 is 0 Å². The Hall–Kier alpha value is -1.76. The molecule has 1 aliphatic carbocycles. The molecule has 1 aromatic rings. The third-order valence-corrected chi connectivity index (χ3v) is 4.32. The maximum absolute atomic E-state index is 9.59. The van der Waals surface area contributed by atoms with Gasteiger partial charge in [0.05, 0.1) is 0 Å². The third-order valence-electron chi connectivity index (χ3n) is 4.32. The van der Waals surface area contributed by atoms with E-state index in [-0.39, 0.29) is 0 Å². The van der Waals surface area contributed by atoms with Crippen LogP contribution in [0.4, 0.5) is 0 Å². The topological polar surface area (TPSA) is 20.2 Å². The number of hydrogen-bond donors (Lipinski definition) is 1. The van der Waals surface area contributed by atoms with E-state index < -0.39 is 0 Å². The fourth-order valence-electron chi connectivity index (χ4n) is 3.07. The Morgan fingerprint density at radius 1 is 1.27 bits per heavy atom. The van der Waals surface area contributed by atoms with Gasteiger partial charge in [0.15, 0.2) is 0 Å². The first-order valence-corrected chi connectivity index (χ1v) is 8.41. The van der Waals surface area contributed by atoms with Crippen molar-refractivity contribution < 1.29 is 5.11 Å². The van der Waals surface area contributed by atoms with Gasteiger partial charge in [-0.1, -0.05) is 69.2 Å². The zero-order valence-electron chi connectivity index (χ0n) is 14.4. The van der Waals surface area contributed by atoms with Crippen molar-refractivity contribution in [1.82, 2.24) is 0 Å². The molecule has 0 amide bonds. The molecule has 0 atom stereocenters. The van der Waals surface area contributed by atoms with Crippen LogP contribution in [0.1, 0.15) is 58.4 Å². The summed E-state index contributed by atoms with van der Waals surface area (Å²) in [7, 11) is 0. The first kappa shape index (κ1) is 18.3. The monoisotopic (exact) mass is 298 g/mol. The number of phenolic OH excluding ortho intramolecular Hbond substituents is 1. The summed E-state index contributed by atoms with van der Waals surface area (Å²) in [6, 6.07) is 7.37. The summed E-state index contributed by atoms with van der Waals surface area (Å²) in [6.07, 6.45) is 8.07. The van der Waals surface area contributed by atoms with Crippen molar-refractivity contribution in [2.45, 2.75) is 52.9 Å². The number of hydrogen-bond acceptors (Lipinski definition) is 1. The van der Waals surface area contributed by atoms with E-state index in [0.29, 0.717) is 11.7 Å². The van der Waals surface area contributed by atoms with Crippen LogP contribution in [0, 0.1) is 5.92 Å². The van der Waals surface area contributed by atoms with E-state index in [1.54, 1.807) is 12.1 Å². The highest BCUT2D eigenvalue weighted by atomic mass is 16.3. The van der Waals surface area contributed by atoms with Gasteiger partial charge in [-0.25, -0.2) is 0 Å². The highest BCUT2D eigenvalue weighted by Gasteiger charge is 2.21. The zero-order valence-corrected chi connectivity index (χ0v) is 14.4. The lowest BCUT2D eigenvalue weighted by atomic mass is 9.86. The molecule has 0 aliphatic heterocycles.